The van der Waals surface area contributed by atoms with Gasteiger partial charge in [0.2, 0.25) is 0 Å². The van der Waals surface area contributed by atoms with Crippen LogP contribution in [0.1, 0.15) is 33.2 Å². The molecule has 6 nitrogen and oxygen atoms in total. The Bertz CT molecular complexity index is 973. The molecule has 1 atom stereocenters. The molecule has 3 rings (SSSR count). The van der Waals surface area contributed by atoms with Gasteiger partial charge in [-0.25, -0.2) is 14.2 Å². The first kappa shape index (κ1) is 17.6. The normalized spacial score (nSPS) is 13.4. The number of aromatic nitrogens is 4. The van der Waals surface area contributed by atoms with E-state index in [1.165, 1.54) is 22.9 Å². The zero-order chi connectivity index (χ0) is 18.4. The Morgan fingerprint density at radius 3 is 2.64 bits per heavy atom. The molecular formula is C17H18ClFN4O2. The first-order valence-electron chi connectivity index (χ1n) is 7.87. The van der Waals surface area contributed by atoms with Gasteiger partial charge in [0, 0.05) is 11.8 Å². The molecule has 3 heterocycles. The van der Waals surface area contributed by atoms with Crippen LogP contribution in [-0.4, -0.2) is 30.2 Å². The number of hydrogen-bond acceptors (Lipinski definition) is 4. The summed E-state index contributed by atoms with van der Waals surface area (Å²) in [6.07, 6.45) is 3.01. The molecule has 25 heavy (non-hydrogen) atoms. The minimum Gasteiger partial charge on any atom is -0.388 e. The van der Waals surface area contributed by atoms with E-state index in [1.807, 2.05) is 6.92 Å². The van der Waals surface area contributed by atoms with E-state index in [4.69, 9.17) is 11.6 Å². The molecule has 0 spiro atoms. The van der Waals surface area contributed by atoms with Crippen molar-refractivity contribution in [2.24, 2.45) is 0 Å². The Hall–Kier alpha value is -2.25. The van der Waals surface area contributed by atoms with Crippen LogP contribution in [0.3, 0.4) is 0 Å². The maximum atomic E-state index is 13.2. The number of aliphatic hydroxyl groups is 1. The monoisotopic (exact) mass is 364 g/mol. The first-order valence-corrected chi connectivity index (χ1v) is 8.24. The van der Waals surface area contributed by atoms with E-state index in [1.54, 1.807) is 13.8 Å². The number of H-pyrrole nitrogens is 1. The molecule has 0 bridgehead atoms. The number of rotatable bonds is 4. The molecule has 0 radical (unpaired) electrons. The van der Waals surface area contributed by atoms with Crippen molar-refractivity contribution in [1.29, 1.82) is 0 Å². The minimum atomic E-state index is -1.15. The number of imidazole rings is 1. The van der Waals surface area contributed by atoms with Gasteiger partial charge in [-0.05, 0) is 32.4 Å². The van der Waals surface area contributed by atoms with Gasteiger partial charge in [0.05, 0.1) is 34.1 Å². The number of hydrogen-bond donors (Lipinski definition) is 2. The van der Waals surface area contributed by atoms with E-state index in [-0.39, 0.29) is 5.02 Å². The van der Waals surface area contributed by atoms with Crippen molar-refractivity contribution in [3.05, 3.63) is 45.9 Å². The molecule has 3 aromatic heterocycles. The summed E-state index contributed by atoms with van der Waals surface area (Å²) in [7, 11) is 0. The molecule has 0 aromatic carbocycles. The van der Waals surface area contributed by atoms with E-state index in [9.17, 15) is 14.3 Å². The third-order valence-electron chi connectivity index (χ3n) is 4.19. The van der Waals surface area contributed by atoms with Gasteiger partial charge >= 0.3 is 5.69 Å². The number of nitrogens with zero attached hydrogens (tertiary/aromatic N) is 3. The van der Waals surface area contributed by atoms with E-state index in [2.05, 4.69) is 15.0 Å². The third kappa shape index (κ3) is 3.05. The van der Waals surface area contributed by atoms with Crippen molar-refractivity contribution in [2.75, 3.05) is 0 Å². The average molecular weight is 365 g/mol. The molecule has 2 N–H and O–H groups in total. The van der Waals surface area contributed by atoms with Crippen LogP contribution in [0.5, 0.6) is 0 Å². The van der Waals surface area contributed by atoms with Gasteiger partial charge < -0.3 is 5.11 Å². The first-order chi connectivity index (χ1) is 11.7. The van der Waals surface area contributed by atoms with E-state index in [0.717, 1.165) is 6.20 Å². The second-order valence-electron chi connectivity index (χ2n) is 6.42. The van der Waals surface area contributed by atoms with Crippen LogP contribution in [-0.2, 0) is 0 Å². The number of nitrogens with one attached hydrogen (secondary N) is 1. The van der Waals surface area contributed by atoms with Crippen LogP contribution in [0.2, 0.25) is 5.02 Å². The topological polar surface area (TPSA) is 83.8 Å². The summed E-state index contributed by atoms with van der Waals surface area (Å²) in [5.74, 6) is -0.473. The number of aromatic amines is 1. The molecule has 132 valence electrons. The van der Waals surface area contributed by atoms with Crippen LogP contribution in [0.15, 0.2) is 29.3 Å². The molecule has 0 unspecified atom stereocenters. The molecular weight excluding hydrogens is 347 g/mol. The van der Waals surface area contributed by atoms with Gasteiger partial charge in [0.25, 0.3) is 0 Å². The third-order valence-corrected chi connectivity index (χ3v) is 4.48. The summed E-state index contributed by atoms with van der Waals surface area (Å²) < 4.78 is 14.7. The molecule has 3 aromatic rings. The Morgan fingerprint density at radius 1 is 1.36 bits per heavy atom. The maximum Gasteiger partial charge on any atom is 0.328 e. The summed E-state index contributed by atoms with van der Waals surface area (Å²) in [6.45, 7) is 5.15. The zero-order valence-electron chi connectivity index (χ0n) is 14.0. The highest BCUT2D eigenvalue weighted by Gasteiger charge is 2.31. The largest absolute Gasteiger partial charge is 0.388 e. The number of halogens is 2. The Labute approximate surface area is 148 Å². The molecule has 0 aliphatic heterocycles. The van der Waals surface area contributed by atoms with Gasteiger partial charge in [-0.1, -0.05) is 18.5 Å². The second kappa shape index (κ2) is 6.24. The SMILES string of the molecule is CC[C@H](n1c(=O)[nH]c2ncc(Cl)c(-c3ccc(F)cn3)c21)C(C)(C)O. The standard InChI is InChI=1S/C17H18ClFN4O2/c1-4-12(17(2,3)25)23-14-13(11-6-5-9(19)7-20-11)10(18)8-21-15(14)22-16(23)24/h5-8,12,25H,4H2,1-3H3,(H,21,22,24)/t12-/m0/s1. The fourth-order valence-corrected chi connectivity index (χ4v) is 3.37. The fourth-order valence-electron chi connectivity index (χ4n) is 3.13. The molecule has 0 aliphatic rings. The second-order valence-corrected chi connectivity index (χ2v) is 6.83. The molecule has 0 aliphatic carbocycles. The molecule has 0 saturated heterocycles. The van der Waals surface area contributed by atoms with Crippen molar-refractivity contribution >= 4 is 22.8 Å². The van der Waals surface area contributed by atoms with E-state index >= 15 is 0 Å². The predicted molar refractivity (Wildman–Crippen MR) is 94.2 cm³/mol. The van der Waals surface area contributed by atoms with Gasteiger partial charge in [-0.15, -0.1) is 0 Å². The molecule has 8 heteroatoms. The van der Waals surface area contributed by atoms with Crippen LogP contribution >= 0.6 is 11.6 Å². The van der Waals surface area contributed by atoms with Gasteiger partial charge in [0.15, 0.2) is 5.65 Å². The van der Waals surface area contributed by atoms with Crippen molar-refractivity contribution in [1.82, 2.24) is 19.5 Å². The Kier molecular flexibility index (Phi) is 4.38. The number of pyridine rings is 2. The van der Waals surface area contributed by atoms with Crippen LogP contribution in [0.4, 0.5) is 4.39 Å². The fraction of sp³-hybridized carbons (Fsp3) is 0.353. The van der Waals surface area contributed by atoms with E-state index < -0.39 is 23.1 Å². The van der Waals surface area contributed by atoms with Crippen molar-refractivity contribution in [2.45, 2.75) is 38.8 Å². The van der Waals surface area contributed by atoms with Crippen LogP contribution in [0, 0.1) is 5.82 Å². The lowest BCUT2D eigenvalue weighted by Crippen LogP contribution is -2.37. The van der Waals surface area contributed by atoms with Gasteiger partial charge in [0.1, 0.15) is 5.82 Å². The maximum absolute atomic E-state index is 13.2. The van der Waals surface area contributed by atoms with Crippen molar-refractivity contribution in [3.8, 4) is 11.3 Å². The summed E-state index contributed by atoms with van der Waals surface area (Å²) in [6, 6.07) is 2.25. The molecule has 0 amide bonds. The summed E-state index contributed by atoms with van der Waals surface area (Å²) in [4.78, 5) is 23.5. The average Bonchev–Trinajstić information content (AvgIpc) is 2.85. The zero-order valence-corrected chi connectivity index (χ0v) is 14.8. The molecule has 0 fully saturated rings. The summed E-state index contributed by atoms with van der Waals surface area (Å²) in [5.41, 5.74) is 0.0968. The summed E-state index contributed by atoms with van der Waals surface area (Å²) >= 11 is 6.33. The molecule has 0 saturated carbocycles. The lowest BCUT2D eigenvalue weighted by molar-refractivity contribution is 0.0217. The van der Waals surface area contributed by atoms with Crippen LogP contribution in [0.25, 0.3) is 22.4 Å². The van der Waals surface area contributed by atoms with Crippen molar-refractivity contribution in [3.63, 3.8) is 0 Å². The lowest BCUT2D eigenvalue weighted by atomic mass is 9.96. The summed E-state index contributed by atoms with van der Waals surface area (Å²) in [5, 5.41) is 10.8. The highest BCUT2D eigenvalue weighted by atomic mass is 35.5. The highest BCUT2D eigenvalue weighted by Crippen LogP contribution is 2.35. The van der Waals surface area contributed by atoms with Crippen LogP contribution < -0.4 is 5.69 Å². The van der Waals surface area contributed by atoms with Crippen molar-refractivity contribution < 1.29 is 9.50 Å². The minimum absolute atomic E-state index is 0.282. The quantitative estimate of drug-likeness (QED) is 0.744. The lowest BCUT2D eigenvalue weighted by Gasteiger charge is -2.29. The predicted octanol–water partition coefficient (Wildman–Crippen LogP) is 3.30. The van der Waals surface area contributed by atoms with Gasteiger partial charge in [-0.3, -0.25) is 14.5 Å². The highest BCUT2D eigenvalue weighted by molar-refractivity contribution is 6.34. The van der Waals surface area contributed by atoms with Gasteiger partial charge in [-0.2, -0.15) is 0 Å². The van der Waals surface area contributed by atoms with E-state index in [0.29, 0.717) is 28.8 Å². The Morgan fingerprint density at radius 2 is 2.08 bits per heavy atom. The number of fused-ring (bicyclic) bond motifs is 1. The smallest absolute Gasteiger partial charge is 0.328 e. The Balaban J connectivity index is 2.40.